The lowest BCUT2D eigenvalue weighted by Crippen LogP contribution is -2.33. The van der Waals surface area contributed by atoms with Crippen LogP contribution in [0.3, 0.4) is 0 Å². The second kappa shape index (κ2) is 9.22. The van der Waals surface area contributed by atoms with Gasteiger partial charge in [0.25, 0.3) is 5.91 Å². The molecule has 0 saturated carbocycles. The molecule has 0 N–H and O–H groups in total. The number of benzene rings is 3. The van der Waals surface area contributed by atoms with E-state index in [4.69, 9.17) is 4.74 Å². The number of fused-ring (bicyclic) bond motifs is 1. The fourth-order valence-corrected chi connectivity index (χ4v) is 3.82. The van der Waals surface area contributed by atoms with Gasteiger partial charge in [-0.1, -0.05) is 35.9 Å². The van der Waals surface area contributed by atoms with Crippen molar-refractivity contribution in [2.24, 2.45) is 0 Å². The van der Waals surface area contributed by atoms with Crippen molar-refractivity contribution in [3.8, 4) is 5.75 Å². The van der Waals surface area contributed by atoms with E-state index in [-0.39, 0.29) is 17.4 Å². The molecule has 1 aliphatic heterocycles. The van der Waals surface area contributed by atoms with Gasteiger partial charge in [-0.2, -0.15) is 0 Å². The van der Waals surface area contributed by atoms with Crippen LogP contribution in [-0.2, 0) is 17.9 Å². The standard InChI is InChI=1S/C26H25FN2O3/c1-18-7-10-22(11-8-18)29(19(2)30)16-20-9-12-25-21(15-20)17-28(13-14-32-25)26(31)23-5-3-4-6-24(23)27/h3-12,15H,13-14,16-17H2,1-2H3. The molecule has 32 heavy (non-hydrogen) atoms. The van der Waals surface area contributed by atoms with Crippen molar-refractivity contribution in [3.63, 3.8) is 0 Å². The lowest BCUT2D eigenvalue weighted by molar-refractivity contribution is -0.116. The second-order valence-electron chi connectivity index (χ2n) is 7.94. The van der Waals surface area contributed by atoms with Gasteiger partial charge in [-0.25, -0.2) is 4.39 Å². The smallest absolute Gasteiger partial charge is 0.257 e. The summed E-state index contributed by atoms with van der Waals surface area (Å²) in [5.74, 6) is -0.263. The van der Waals surface area contributed by atoms with Crippen molar-refractivity contribution >= 4 is 17.5 Å². The molecule has 5 nitrogen and oxygen atoms in total. The van der Waals surface area contributed by atoms with Crippen molar-refractivity contribution in [2.75, 3.05) is 18.1 Å². The first-order valence-corrected chi connectivity index (χ1v) is 10.6. The Morgan fingerprint density at radius 2 is 1.81 bits per heavy atom. The Kier molecular flexibility index (Phi) is 6.21. The Balaban J connectivity index is 1.58. The molecule has 0 fully saturated rings. The van der Waals surface area contributed by atoms with Gasteiger partial charge >= 0.3 is 0 Å². The number of rotatable bonds is 4. The number of ether oxygens (including phenoxy) is 1. The summed E-state index contributed by atoms with van der Waals surface area (Å²) in [6, 6.07) is 19.5. The van der Waals surface area contributed by atoms with Crippen LogP contribution in [0.5, 0.6) is 5.75 Å². The molecule has 6 heteroatoms. The monoisotopic (exact) mass is 432 g/mol. The van der Waals surface area contributed by atoms with Crippen LogP contribution in [0.15, 0.2) is 66.7 Å². The minimum Gasteiger partial charge on any atom is -0.491 e. The molecule has 2 amide bonds. The zero-order valence-electron chi connectivity index (χ0n) is 18.2. The van der Waals surface area contributed by atoms with E-state index in [0.29, 0.717) is 32.0 Å². The number of carbonyl (C=O) groups is 2. The molecule has 0 bridgehead atoms. The third-order valence-electron chi connectivity index (χ3n) is 5.56. The molecule has 0 spiro atoms. The SMILES string of the molecule is CC(=O)N(Cc1ccc2c(c1)CN(C(=O)c1ccccc1F)CCO2)c1ccc(C)cc1. The second-order valence-corrected chi connectivity index (χ2v) is 7.94. The third-order valence-corrected chi connectivity index (χ3v) is 5.56. The van der Waals surface area contributed by atoms with Gasteiger partial charge in [-0.05, 0) is 48.9 Å². The summed E-state index contributed by atoms with van der Waals surface area (Å²) in [6.45, 7) is 4.94. The van der Waals surface area contributed by atoms with E-state index >= 15 is 0 Å². The van der Waals surface area contributed by atoms with Gasteiger partial charge in [0.2, 0.25) is 5.91 Å². The zero-order valence-corrected chi connectivity index (χ0v) is 18.2. The summed E-state index contributed by atoms with van der Waals surface area (Å²) in [6.07, 6.45) is 0. The van der Waals surface area contributed by atoms with E-state index in [1.807, 2.05) is 49.4 Å². The summed E-state index contributed by atoms with van der Waals surface area (Å²) in [5, 5.41) is 0. The van der Waals surface area contributed by atoms with Gasteiger partial charge in [0.05, 0.1) is 18.7 Å². The maximum absolute atomic E-state index is 14.1. The third kappa shape index (κ3) is 4.64. The van der Waals surface area contributed by atoms with E-state index < -0.39 is 5.82 Å². The average molecular weight is 432 g/mol. The van der Waals surface area contributed by atoms with E-state index in [1.165, 1.54) is 12.1 Å². The molecule has 0 unspecified atom stereocenters. The molecule has 1 aliphatic rings. The van der Waals surface area contributed by atoms with Crippen molar-refractivity contribution < 1.29 is 18.7 Å². The summed E-state index contributed by atoms with van der Waals surface area (Å²) < 4.78 is 20.0. The van der Waals surface area contributed by atoms with E-state index in [1.54, 1.807) is 28.9 Å². The van der Waals surface area contributed by atoms with Crippen molar-refractivity contribution in [1.82, 2.24) is 4.90 Å². The van der Waals surface area contributed by atoms with Gasteiger partial charge in [-0.15, -0.1) is 0 Å². The Bertz CT molecular complexity index is 1140. The van der Waals surface area contributed by atoms with Crippen LogP contribution < -0.4 is 9.64 Å². The number of hydrogen-bond donors (Lipinski definition) is 0. The normalized spacial score (nSPS) is 13.0. The largest absolute Gasteiger partial charge is 0.491 e. The highest BCUT2D eigenvalue weighted by molar-refractivity contribution is 5.94. The van der Waals surface area contributed by atoms with Crippen LogP contribution in [0.2, 0.25) is 0 Å². The molecule has 3 aromatic carbocycles. The molecule has 0 radical (unpaired) electrons. The Morgan fingerprint density at radius 3 is 2.53 bits per heavy atom. The molecule has 0 aliphatic carbocycles. The summed E-state index contributed by atoms with van der Waals surface area (Å²) in [7, 11) is 0. The highest BCUT2D eigenvalue weighted by atomic mass is 19.1. The number of carbonyl (C=O) groups excluding carboxylic acids is 2. The molecular formula is C26H25FN2O3. The summed E-state index contributed by atoms with van der Waals surface area (Å²) >= 11 is 0. The van der Waals surface area contributed by atoms with Crippen molar-refractivity contribution in [3.05, 3.63) is 94.8 Å². The minimum absolute atomic E-state index is 0.0502. The van der Waals surface area contributed by atoms with E-state index in [2.05, 4.69) is 0 Å². The number of anilines is 1. The molecular weight excluding hydrogens is 407 g/mol. The van der Waals surface area contributed by atoms with Gasteiger partial charge < -0.3 is 14.5 Å². The van der Waals surface area contributed by atoms with Gasteiger partial charge in [-0.3, -0.25) is 9.59 Å². The number of aryl methyl sites for hydroxylation is 1. The van der Waals surface area contributed by atoms with Crippen LogP contribution in [0.4, 0.5) is 10.1 Å². The number of halogens is 1. The fourth-order valence-electron chi connectivity index (χ4n) is 3.82. The van der Waals surface area contributed by atoms with Crippen LogP contribution in [0.25, 0.3) is 0 Å². The Labute approximate surface area is 187 Å². The summed E-state index contributed by atoms with van der Waals surface area (Å²) in [4.78, 5) is 28.5. The van der Waals surface area contributed by atoms with Gasteiger partial charge in [0.1, 0.15) is 18.2 Å². The van der Waals surface area contributed by atoms with E-state index in [0.717, 1.165) is 22.4 Å². The predicted octanol–water partition coefficient (Wildman–Crippen LogP) is 4.72. The maximum Gasteiger partial charge on any atom is 0.257 e. The number of amides is 2. The molecule has 0 saturated heterocycles. The molecule has 0 atom stereocenters. The highest BCUT2D eigenvalue weighted by Crippen LogP contribution is 2.27. The first-order valence-electron chi connectivity index (χ1n) is 10.6. The Hall–Kier alpha value is -3.67. The number of hydrogen-bond acceptors (Lipinski definition) is 3. The van der Waals surface area contributed by atoms with Crippen LogP contribution in [0, 0.1) is 12.7 Å². The first kappa shape index (κ1) is 21.6. The van der Waals surface area contributed by atoms with E-state index in [9.17, 15) is 14.0 Å². The fraction of sp³-hybridized carbons (Fsp3) is 0.231. The lowest BCUT2D eigenvalue weighted by Gasteiger charge is -2.23. The Morgan fingerprint density at radius 1 is 1.06 bits per heavy atom. The average Bonchev–Trinajstić information content (AvgIpc) is 3.00. The van der Waals surface area contributed by atoms with Crippen molar-refractivity contribution in [1.29, 1.82) is 0 Å². The zero-order chi connectivity index (χ0) is 22.7. The van der Waals surface area contributed by atoms with Gasteiger partial charge in [0.15, 0.2) is 0 Å². The molecule has 1 heterocycles. The van der Waals surface area contributed by atoms with Gasteiger partial charge in [0, 0.05) is 24.7 Å². The molecule has 0 aromatic heterocycles. The van der Waals surface area contributed by atoms with Crippen LogP contribution >= 0.6 is 0 Å². The van der Waals surface area contributed by atoms with Crippen LogP contribution in [-0.4, -0.2) is 29.9 Å². The topological polar surface area (TPSA) is 49.9 Å². The van der Waals surface area contributed by atoms with Crippen molar-refractivity contribution in [2.45, 2.75) is 26.9 Å². The molecule has 3 aromatic rings. The summed E-state index contributed by atoms with van der Waals surface area (Å²) in [5.41, 5.74) is 3.75. The predicted molar refractivity (Wildman–Crippen MR) is 121 cm³/mol. The highest BCUT2D eigenvalue weighted by Gasteiger charge is 2.23. The minimum atomic E-state index is -0.535. The quantitative estimate of drug-likeness (QED) is 0.599. The molecule has 164 valence electrons. The van der Waals surface area contributed by atoms with Crippen LogP contribution in [0.1, 0.15) is 34.0 Å². The number of nitrogens with zero attached hydrogens (tertiary/aromatic N) is 2. The molecule has 4 rings (SSSR count). The lowest BCUT2D eigenvalue weighted by atomic mass is 10.1. The first-order chi connectivity index (χ1) is 15.4. The maximum atomic E-state index is 14.1.